The number of pyridine rings is 1. The second-order valence-electron chi connectivity index (χ2n) is 4.48. The van der Waals surface area contributed by atoms with Crippen molar-refractivity contribution in [3.63, 3.8) is 0 Å². The number of nitrogens with zero attached hydrogens (tertiary/aromatic N) is 3. The molecule has 4 N–H and O–H groups in total. The Kier molecular flexibility index (Phi) is 4.35. The van der Waals surface area contributed by atoms with E-state index in [1.165, 1.54) is 5.69 Å². The molecule has 0 saturated carbocycles. The van der Waals surface area contributed by atoms with Gasteiger partial charge in [-0.3, -0.25) is 4.68 Å². The summed E-state index contributed by atoms with van der Waals surface area (Å²) in [6, 6.07) is 7.74. The Morgan fingerprint density at radius 2 is 2.05 bits per heavy atom. The molecule has 2 rings (SSSR count). The Morgan fingerprint density at radius 3 is 2.74 bits per heavy atom. The molecule has 0 atom stereocenters. The van der Waals surface area contributed by atoms with Gasteiger partial charge in [-0.05, 0) is 38.5 Å². The van der Waals surface area contributed by atoms with Crippen LogP contribution in [0.4, 0.5) is 11.6 Å². The van der Waals surface area contributed by atoms with Crippen LogP contribution in [0, 0.1) is 13.8 Å². The van der Waals surface area contributed by atoms with Crippen molar-refractivity contribution < 1.29 is 0 Å². The summed E-state index contributed by atoms with van der Waals surface area (Å²) in [5, 5.41) is 7.70. The quantitative estimate of drug-likeness (QED) is 0.418. The largest absolute Gasteiger partial charge is 0.370 e. The van der Waals surface area contributed by atoms with Crippen molar-refractivity contribution in [2.75, 3.05) is 17.3 Å². The molecule has 0 bridgehead atoms. The lowest BCUT2D eigenvalue weighted by Gasteiger charge is -2.08. The minimum absolute atomic E-state index is 0.656. The maximum absolute atomic E-state index is 5.32. The number of nitrogens with two attached hydrogens (primary N) is 1. The molecule has 2 aromatic heterocycles. The van der Waals surface area contributed by atoms with Crippen LogP contribution in [0.2, 0.25) is 0 Å². The van der Waals surface area contributed by atoms with Crippen molar-refractivity contribution in [1.82, 2.24) is 14.8 Å². The molecule has 6 nitrogen and oxygen atoms in total. The summed E-state index contributed by atoms with van der Waals surface area (Å²) in [7, 11) is 0. The molecule has 2 aromatic rings. The molecule has 0 fully saturated rings. The summed E-state index contributed by atoms with van der Waals surface area (Å²) in [4.78, 5) is 4.29. The zero-order chi connectivity index (χ0) is 13.7. The van der Waals surface area contributed by atoms with Crippen molar-refractivity contribution in [3.8, 4) is 0 Å². The minimum Gasteiger partial charge on any atom is -0.370 e. The van der Waals surface area contributed by atoms with E-state index < -0.39 is 0 Å². The molecule has 0 aliphatic rings. The van der Waals surface area contributed by atoms with Gasteiger partial charge in [-0.15, -0.1) is 0 Å². The van der Waals surface area contributed by atoms with Crippen LogP contribution in [0.1, 0.15) is 17.8 Å². The number of nitrogen functional groups attached to an aromatic ring is 1. The molecule has 102 valence electrons. The second-order valence-corrected chi connectivity index (χ2v) is 4.48. The molecular formula is C13H20N6. The summed E-state index contributed by atoms with van der Waals surface area (Å²) in [6.45, 7) is 5.84. The first-order chi connectivity index (χ1) is 9.19. The Balaban J connectivity index is 1.79. The van der Waals surface area contributed by atoms with E-state index in [-0.39, 0.29) is 0 Å². The van der Waals surface area contributed by atoms with Crippen molar-refractivity contribution in [2.45, 2.75) is 26.8 Å². The molecule has 0 aromatic carbocycles. The molecule has 0 saturated heterocycles. The standard InChI is InChI=1S/C13H20N6/c1-10-9-11(2)19(18-10)8-4-7-15-12-5-3-6-13(16-12)17-14/h3,5-6,9H,4,7-8,14H2,1-2H3,(H2,15,16,17). The first-order valence-corrected chi connectivity index (χ1v) is 6.37. The lowest BCUT2D eigenvalue weighted by Crippen LogP contribution is -2.12. The van der Waals surface area contributed by atoms with E-state index in [1.54, 1.807) is 0 Å². The zero-order valence-corrected chi connectivity index (χ0v) is 11.3. The minimum atomic E-state index is 0.656. The van der Waals surface area contributed by atoms with E-state index in [4.69, 9.17) is 5.84 Å². The predicted octanol–water partition coefficient (Wildman–Crippen LogP) is 1.68. The number of aryl methyl sites for hydroxylation is 3. The molecule has 0 spiro atoms. The SMILES string of the molecule is Cc1cc(C)n(CCCNc2cccc(NN)n2)n1. The second kappa shape index (κ2) is 6.19. The molecule has 0 amide bonds. The number of aromatic nitrogens is 3. The van der Waals surface area contributed by atoms with Crippen LogP contribution in [-0.2, 0) is 6.54 Å². The topological polar surface area (TPSA) is 80.8 Å². The van der Waals surface area contributed by atoms with Crippen molar-refractivity contribution in [3.05, 3.63) is 35.7 Å². The highest BCUT2D eigenvalue weighted by atomic mass is 15.3. The summed E-state index contributed by atoms with van der Waals surface area (Å²) in [6.07, 6.45) is 0.990. The van der Waals surface area contributed by atoms with Crippen LogP contribution in [0.15, 0.2) is 24.3 Å². The summed E-state index contributed by atoms with van der Waals surface area (Å²) in [5.74, 6) is 6.80. The summed E-state index contributed by atoms with van der Waals surface area (Å²) >= 11 is 0. The van der Waals surface area contributed by atoms with Crippen LogP contribution in [0.25, 0.3) is 0 Å². The first kappa shape index (κ1) is 13.4. The van der Waals surface area contributed by atoms with Gasteiger partial charge in [0.15, 0.2) is 0 Å². The first-order valence-electron chi connectivity index (χ1n) is 6.37. The van der Waals surface area contributed by atoms with Crippen molar-refractivity contribution >= 4 is 11.6 Å². The average molecular weight is 260 g/mol. The lowest BCUT2D eigenvalue weighted by molar-refractivity contribution is 0.573. The monoisotopic (exact) mass is 260 g/mol. The van der Waals surface area contributed by atoms with Crippen molar-refractivity contribution in [2.24, 2.45) is 5.84 Å². The molecule has 19 heavy (non-hydrogen) atoms. The van der Waals surface area contributed by atoms with Gasteiger partial charge in [0.1, 0.15) is 11.6 Å². The van der Waals surface area contributed by atoms with Gasteiger partial charge in [0.2, 0.25) is 0 Å². The molecule has 0 aliphatic heterocycles. The third kappa shape index (κ3) is 3.69. The number of rotatable bonds is 6. The third-order valence-corrected chi connectivity index (χ3v) is 2.85. The van der Waals surface area contributed by atoms with Gasteiger partial charge in [-0.25, -0.2) is 10.8 Å². The van der Waals surface area contributed by atoms with E-state index in [0.29, 0.717) is 5.82 Å². The maximum atomic E-state index is 5.32. The summed E-state index contributed by atoms with van der Waals surface area (Å²) < 4.78 is 2.03. The Hall–Kier alpha value is -2.08. The number of nitrogens with one attached hydrogen (secondary N) is 2. The van der Waals surface area contributed by atoms with Crippen LogP contribution in [-0.4, -0.2) is 21.3 Å². The Labute approximate surface area is 113 Å². The van der Waals surface area contributed by atoms with Crippen LogP contribution in [0.5, 0.6) is 0 Å². The average Bonchev–Trinajstić information content (AvgIpc) is 2.73. The van der Waals surface area contributed by atoms with Gasteiger partial charge < -0.3 is 10.7 Å². The van der Waals surface area contributed by atoms with E-state index in [0.717, 1.165) is 31.0 Å². The highest BCUT2D eigenvalue weighted by Gasteiger charge is 2.00. The van der Waals surface area contributed by atoms with Gasteiger partial charge in [0, 0.05) is 18.8 Å². The number of hydrogen-bond acceptors (Lipinski definition) is 5. The highest BCUT2D eigenvalue weighted by Crippen LogP contribution is 2.08. The third-order valence-electron chi connectivity index (χ3n) is 2.85. The lowest BCUT2D eigenvalue weighted by atomic mass is 10.3. The van der Waals surface area contributed by atoms with Crippen LogP contribution in [0.3, 0.4) is 0 Å². The normalized spacial score (nSPS) is 10.5. The van der Waals surface area contributed by atoms with E-state index in [2.05, 4.69) is 33.8 Å². The van der Waals surface area contributed by atoms with Crippen molar-refractivity contribution in [1.29, 1.82) is 0 Å². The number of hydrazine groups is 1. The summed E-state index contributed by atoms with van der Waals surface area (Å²) in [5.41, 5.74) is 4.79. The molecule has 0 radical (unpaired) electrons. The van der Waals surface area contributed by atoms with Gasteiger partial charge in [-0.1, -0.05) is 6.07 Å². The molecule has 2 heterocycles. The van der Waals surface area contributed by atoms with E-state index in [1.807, 2.05) is 29.8 Å². The number of hydrogen-bond donors (Lipinski definition) is 3. The molecule has 6 heteroatoms. The molecule has 0 unspecified atom stereocenters. The maximum Gasteiger partial charge on any atom is 0.142 e. The van der Waals surface area contributed by atoms with Gasteiger partial charge in [0.25, 0.3) is 0 Å². The van der Waals surface area contributed by atoms with Crippen LogP contribution < -0.4 is 16.6 Å². The van der Waals surface area contributed by atoms with Gasteiger partial charge in [-0.2, -0.15) is 5.10 Å². The zero-order valence-electron chi connectivity index (χ0n) is 11.3. The number of anilines is 2. The molecular weight excluding hydrogens is 240 g/mol. The Morgan fingerprint density at radius 1 is 1.26 bits per heavy atom. The highest BCUT2D eigenvalue weighted by molar-refractivity contribution is 5.44. The fraction of sp³-hybridized carbons (Fsp3) is 0.385. The van der Waals surface area contributed by atoms with Gasteiger partial charge in [0.05, 0.1) is 5.69 Å². The Bertz CT molecular complexity index is 534. The predicted molar refractivity (Wildman–Crippen MR) is 76.9 cm³/mol. The smallest absolute Gasteiger partial charge is 0.142 e. The van der Waals surface area contributed by atoms with Gasteiger partial charge >= 0.3 is 0 Å². The van der Waals surface area contributed by atoms with E-state index >= 15 is 0 Å². The van der Waals surface area contributed by atoms with Crippen LogP contribution >= 0.6 is 0 Å². The fourth-order valence-electron chi connectivity index (χ4n) is 1.96. The van der Waals surface area contributed by atoms with E-state index in [9.17, 15) is 0 Å². The molecule has 0 aliphatic carbocycles. The fourth-order valence-corrected chi connectivity index (χ4v) is 1.96.